The molecule has 0 bridgehead atoms. The minimum atomic E-state index is -0.121. The summed E-state index contributed by atoms with van der Waals surface area (Å²) in [5.41, 5.74) is 0.809. The summed E-state index contributed by atoms with van der Waals surface area (Å²) in [6.07, 6.45) is 5.56. The van der Waals surface area contributed by atoms with Crippen LogP contribution in [0.3, 0.4) is 0 Å². The highest BCUT2D eigenvalue weighted by atomic mass is 35.5. The van der Waals surface area contributed by atoms with Gasteiger partial charge >= 0.3 is 0 Å². The summed E-state index contributed by atoms with van der Waals surface area (Å²) in [4.78, 5) is 16.1. The number of carbonyl (C=O) groups is 1. The van der Waals surface area contributed by atoms with E-state index in [1.54, 1.807) is 24.5 Å². The number of rotatable bonds is 2. The monoisotopic (exact) mass is 269 g/mol. The fraction of sp³-hybridized carbons (Fsp3) is 0.538. The van der Waals surface area contributed by atoms with E-state index in [1.165, 1.54) is 0 Å². The zero-order valence-electron chi connectivity index (χ0n) is 10.8. The minimum Gasteiger partial charge on any atom is -0.325 e. The number of amides is 1. The van der Waals surface area contributed by atoms with E-state index < -0.39 is 0 Å². The molecule has 0 aliphatic carbocycles. The number of nitrogens with one attached hydrogen (secondary N) is 2. The van der Waals surface area contributed by atoms with E-state index in [0.29, 0.717) is 0 Å². The topological polar surface area (TPSA) is 54.0 Å². The molecule has 1 aliphatic heterocycles. The second-order valence-electron chi connectivity index (χ2n) is 5.20. The molecule has 100 valence electrons. The lowest BCUT2D eigenvalue weighted by Gasteiger charge is -2.38. The molecule has 1 aromatic heterocycles. The maximum Gasteiger partial charge on any atom is 0.242 e. The quantitative estimate of drug-likeness (QED) is 0.866. The summed E-state index contributed by atoms with van der Waals surface area (Å²) in [5.74, 6) is 0.0425. The maximum absolute atomic E-state index is 12.2. The van der Waals surface area contributed by atoms with Gasteiger partial charge in [-0.05, 0) is 36.9 Å². The largest absolute Gasteiger partial charge is 0.325 e. The van der Waals surface area contributed by atoms with E-state index in [4.69, 9.17) is 0 Å². The number of aromatic nitrogens is 1. The SMILES string of the molecule is CC1(C)CCCNC1C(=O)Nc1ccncc1.Cl. The number of pyridine rings is 1. The molecule has 2 rings (SSSR count). The van der Waals surface area contributed by atoms with Crippen LogP contribution >= 0.6 is 12.4 Å². The van der Waals surface area contributed by atoms with Gasteiger partial charge in [0, 0.05) is 18.1 Å². The Morgan fingerprint density at radius 1 is 1.44 bits per heavy atom. The van der Waals surface area contributed by atoms with Crippen LogP contribution in [0.4, 0.5) is 5.69 Å². The van der Waals surface area contributed by atoms with Crippen molar-refractivity contribution in [3.05, 3.63) is 24.5 Å². The standard InChI is InChI=1S/C13H19N3O.ClH/c1-13(2)6-3-7-15-11(13)12(17)16-10-4-8-14-9-5-10;/h4-5,8-9,11,15H,3,6-7H2,1-2H3,(H,14,16,17);1H. The van der Waals surface area contributed by atoms with Gasteiger partial charge in [-0.1, -0.05) is 13.8 Å². The summed E-state index contributed by atoms with van der Waals surface area (Å²) < 4.78 is 0. The Balaban J connectivity index is 0.00000162. The average Bonchev–Trinajstić information content (AvgIpc) is 2.29. The van der Waals surface area contributed by atoms with Crippen LogP contribution in [0.2, 0.25) is 0 Å². The van der Waals surface area contributed by atoms with Crippen molar-refractivity contribution in [2.75, 3.05) is 11.9 Å². The molecular weight excluding hydrogens is 250 g/mol. The van der Waals surface area contributed by atoms with Crippen LogP contribution in [0.15, 0.2) is 24.5 Å². The van der Waals surface area contributed by atoms with Crippen molar-refractivity contribution in [2.24, 2.45) is 5.41 Å². The molecule has 1 aromatic rings. The Kier molecular flexibility index (Phi) is 5.11. The fourth-order valence-electron chi connectivity index (χ4n) is 2.31. The first-order valence-electron chi connectivity index (χ1n) is 6.04. The summed E-state index contributed by atoms with van der Waals surface area (Å²) >= 11 is 0. The zero-order chi connectivity index (χ0) is 12.3. The van der Waals surface area contributed by atoms with Gasteiger partial charge in [-0.2, -0.15) is 0 Å². The van der Waals surface area contributed by atoms with Crippen molar-refractivity contribution >= 4 is 24.0 Å². The molecule has 4 nitrogen and oxygen atoms in total. The van der Waals surface area contributed by atoms with E-state index in [9.17, 15) is 4.79 Å². The van der Waals surface area contributed by atoms with E-state index >= 15 is 0 Å². The molecule has 0 radical (unpaired) electrons. The van der Waals surface area contributed by atoms with Gasteiger partial charge in [0.1, 0.15) is 0 Å². The number of nitrogens with zero attached hydrogens (tertiary/aromatic N) is 1. The Labute approximate surface area is 114 Å². The molecule has 1 saturated heterocycles. The number of hydrogen-bond donors (Lipinski definition) is 2. The van der Waals surface area contributed by atoms with Crippen molar-refractivity contribution < 1.29 is 4.79 Å². The van der Waals surface area contributed by atoms with Crippen LogP contribution in [0, 0.1) is 5.41 Å². The molecule has 0 aromatic carbocycles. The van der Waals surface area contributed by atoms with Crippen LogP contribution < -0.4 is 10.6 Å². The van der Waals surface area contributed by atoms with Crippen molar-refractivity contribution in [3.63, 3.8) is 0 Å². The normalized spacial score (nSPS) is 21.8. The summed E-state index contributed by atoms with van der Waals surface area (Å²) in [6, 6.07) is 3.48. The number of hydrogen-bond acceptors (Lipinski definition) is 3. The highest BCUT2D eigenvalue weighted by Crippen LogP contribution is 2.30. The summed E-state index contributed by atoms with van der Waals surface area (Å²) in [6.45, 7) is 5.18. The molecule has 1 amide bonds. The highest BCUT2D eigenvalue weighted by Gasteiger charge is 2.36. The van der Waals surface area contributed by atoms with Gasteiger partial charge < -0.3 is 10.6 Å². The van der Waals surface area contributed by atoms with Crippen LogP contribution in [0.5, 0.6) is 0 Å². The van der Waals surface area contributed by atoms with Crippen molar-refractivity contribution in [3.8, 4) is 0 Å². The van der Waals surface area contributed by atoms with Crippen LogP contribution in [0.25, 0.3) is 0 Å². The molecule has 1 fully saturated rings. The first-order chi connectivity index (χ1) is 8.09. The molecule has 2 N–H and O–H groups in total. The third-order valence-electron chi connectivity index (χ3n) is 3.34. The van der Waals surface area contributed by atoms with Gasteiger partial charge in [-0.15, -0.1) is 12.4 Å². The van der Waals surface area contributed by atoms with E-state index in [-0.39, 0.29) is 29.8 Å². The second-order valence-corrected chi connectivity index (χ2v) is 5.20. The molecule has 2 heterocycles. The van der Waals surface area contributed by atoms with Gasteiger partial charge in [-0.25, -0.2) is 0 Å². The Bertz CT molecular complexity index is 394. The van der Waals surface area contributed by atoms with Gasteiger partial charge in [-0.3, -0.25) is 9.78 Å². The fourth-order valence-corrected chi connectivity index (χ4v) is 2.31. The van der Waals surface area contributed by atoms with Crippen molar-refractivity contribution in [1.82, 2.24) is 10.3 Å². The predicted octanol–water partition coefficient (Wildman–Crippen LogP) is 2.22. The van der Waals surface area contributed by atoms with Crippen molar-refractivity contribution in [2.45, 2.75) is 32.7 Å². The Morgan fingerprint density at radius 3 is 2.72 bits per heavy atom. The number of carbonyl (C=O) groups excluding carboxylic acids is 1. The predicted molar refractivity (Wildman–Crippen MR) is 74.9 cm³/mol. The Hall–Kier alpha value is -1.13. The molecule has 5 heteroatoms. The van der Waals surface area contributed by atoms with E-state index in [0.717, 1.165) is 25.1 Å². The smallest absolute Gasteiger partial charge is 0.242 e. The van der Waals surface area contributed by atoms with Gasteiger partial charge in [0.05, 0.1) is 6.04 Å². The molecule has 1 atom stereocenters. The molecule has 1 unspecified atom stereocenters. The first kappa shape index (κ1) is 14.9. The van der Waals surface area contributed by atoms with Crippen molar-refractivity contribution in [1.29, 1.82) is 0 Å². The van der Waals surface area contributed by atoms with Gasteiger partial charge in [0.25, 0.3) is 0 Å². The van der Waals surface area contributed by atoms with Crippen LogP contribution in [-0.2, 0) is 4.79 Å². The van der Waals surface area contributed by atoms with E-state index in [2.05, 4.69) is 29.5 Å². The minimum absolute atomic E-state index is 0. The summed E-state index contributed by atoms with van der Waals surface area (Å²) in [5, 5.41) is 6.23. The first-order valence-corrected chi connectivity index (χ1v) is 6.04. The summed E-state index contributed by atoms with van der Waals surface area (Å²) in [7, 11) is 0. The lowest BCUT2D eigenvalue weighted by Crippen LogP contribution is -2.53. The van der Waals surface area contributed by atoms with Gasteiger partial charge in [0.15, 0.2) is 0 Å². The number of anilines is 1. The molecule has 0 spiro atoms. The lowest BCUT2D eigenvalue weighted by atomic mass is 9.77. The molecule has 18 heavy (non-hydrogen) atoms. The zero-order valence-corrected chi connectivity index (χ0v) is 11.6. The van der Waals surface area contributed by atoms with E-state index in [1.807, 2.05) is 0 Å². The van der Waals surface area contributed by atoms with Gasteiger partial charge in [0.2, 0.25) is 5.91 Å². The third kappa shape index (κ3) is 3.43. The Morgan fingerprint density at radius 2 is 2.11 bits per heavy atom. The van der Waals surface area contributed by atoms with Crippen LogP contribution in [0.1, 0.15) is 26.7 Å². The second kappa shape index (κ2) is 6.16. The number of halogens is 1. The highest BCUT2D eigenvalue weighted by molar-refractivity contribution is 5.95. The maximum atomic E-state index is 12.2. The lowest BCUT2D eigenvalue weighted by molar-refractivity contribution is -0.121. The van der Waals surface area contributed by atoms with Crippen LogP contribution in [-0.4, -0.2) is 23.5 Å². The molecule has 1 aliphatic rings. The number of piperidine rings is 1. The molecular formula is C13H20ClN3O. The third-order valence-corrected chi connectivity index (χ3v) is 3.34. The molecule has 0 saturated carbocycles. The average molecular weight is 270 g/mol.